The smallest absolute Gasteiger partial charge is 0.325 e. The van der Waals surface area contributed by atoms with E-state index in [1.807, 2.05) is 0 Å². The summed E-state index contributed by atoms with van der Waals surface area (Å²) in [5.41, 5.74) is 0. The lowest BCUT2D eigenvalue weighted by Gasteiger charge is -2.36. The molecule has 0 radical (unpaired) electrons. The van der Waals surface area contributed by atoms with Crippen LogP contribution in [0.2, 0.25) is 0 Å². The van der Waals surface area contributed by atoms with Gasteiger partial charge in [0.05, 0.1) is 0 Å². The summed E-state index contributed by atoms with van der Waals surface area (Å²) in [6.07, 6.45) is 5.22. The van der Waals surface area contributed by atoms with Gasteiger partial charge in [-0.2, -0.15) is 0 Å². The summed E-state index contributed by atoms with van der Waals surface area (Å²) in [4.78, 5) is 23.4. The summed E-state index contributed by atoms with van der Waals surface area (Å²) in [6, 6.07) is 0. The van der Waals surface area contributed by atoms with Gasteiger partial charge in [-0.15, -0.1) is 0 Å². The molecule has 0 aromatic heterocycles. The van der Waals surface area contributed by atoms with Gasteiger partial charge in [-0.3, -0.25) is 9.59 Å². The van der Waals surface area contributed by atoms with Crippen LogP contribution in [0.3, 0.4) is 0 Å². The minimum Gasteiger partial charge on any atom is -0.461 e. The van der Waals surface area contributed by atoms with Crippen LogP contribution < -0.4 is 5.32 Å². The first-order valence-corrected chi connectivity index (χ1v) is 7.94. The van der Waals surface area contributed by atoms with E-state index in [0.29, 0.717) is 17.8 Å². The summed E-state index contributed by atoms with van der Waals surface area (Å²) < 4.78 is 5.63. The monoisotopic (exact) mass is 281 g/mol. The van der Waals surface area contributed by atoms with E-state index >= 15 is 0 Å². The van der Waals surface area contributed by atoms with Gasteiger partial charge in [-0.05, 0) is 43.4 Å². The van der Waals surface area contributed by atoms with Crippen LogP contribution in [0, 0.1) is 23.7 Å². The normalized spacial score (nSPS) is 30.1. The van der Waals surface area contributed by atoms with E-state index in [0.717, 1.165) is 25.7 Å². The summed E-state index contributed by atoms with van der Waals surface area (Å²) in [5.74, 6) is 1.45. The molecule has 0 bridgehead atoms. The number of esters is 1. The van der Waals surface area contributed by atoms with Crippen molar-refractivity contribution in [3.8, 4) is 0 Å². The maximum Gasteiger partial charge on any atom is 0.325 e. The average Bonchev–Trinajstić information content (AvgIpc) is 3.19. The second-order valence-electron chi connectivity index (χ2n) is 6.85. The maximum absolute atomic E-state index is 11.9. The highest BCUT2D eigenvalue weighted by Gasteiger charge is 2.34. The average molecular weight is 281 g/mol. The van der Waals surface area contributed by atoms with E-state index in [2.05, 4.69) is 26.1 Å². The molecule has 0 saturated heterocycles. The lowest BCUT2D eigenvalue weighted by Crippen LogP contribution is -2.39. The fraction of sp³-hybridized carbons (Fsp3) is 0.875. The highest BCUT2D eigenvalue weighted by molar-refractivity contribution is 5.84. The second-order valence-corrected chi connectivity index (χ2v) is 6.85. The molecule has 0 aliphatic heterocycles. The van der Waals surface area contributed by atoms with Crippen molar-refractivity contribution in [3.05, 3.63) is 0 Å². The van der Waals surface area contributed by atoms with Crippen LogP contribution in [0.4, 0.5) is 0 Å². The molecule has 0 unspecified atom stereocenters. The Hall–Kier alpha value is -1.06. The molecule has 2 rings (SSSR count). The van der Waals surface area contributed by atoms with Gasteiger partial charge in [0.15, 0.2) is 0 Å². The van der Waals surface area contributed by atoms with Gasteiger partial charge in [-0.25, -0.2) is 0 Å². The molecular weight excluding hydrogens is 254 g/mol. The Morgan fingerprint density at radius 2 is 1.90 bits per heavy atom. The topological polar surface area (TPSA) is 55.4 Å². The zero-order valence-corrected chi connectivity index (χ0v) is 12.9. The lowest BCUT2D eigenvalue weighted by atomic mass is 9.75. The number of rotatable bonds is 5. The molecule has 2 fully saturated rings. The molecule has 0 spiro atoms. The van der Waals surface area contributed by atoms with E-state index in [-0.39, 0.29) is 30.4 Å². The van der Waals surface area contributed by atoms with Gasteiger partial charge >= 0.3 is 5.97 Å². The third-order valence-electron chi connectivity index (χ3n) is 4.60. The summed E-state index contributed by atoms with van der Waals surface area (Å²) >= 11 is 0. The van der Waals surface area contributed by atoms with E-state index in [1.54, 1.807) is 0 Å². The van der Waals surface area contributed by atoms with Crippen LogP contribution in [0.15, 0.2) is 0 Å². The molecule has 0 aromatic carbocycles. The molecule has 0 heterocycles. The molecule has 4 heteroatoms. The number of carbonyl (C=O) groups excluding carboxylic acids is 2. The fourth-order valence-corrected chi connectivity index (χ4v) is 3.11. The van der Waals surface area contributed by atoms with Crippen molar-refractivity contribution in [2.45, 2.75) is 59.0 Å². The predicted octanol–water partition coefficient (Wildman–Crippen LogP) is 2.52. The minimum atomic E-state index is -0.288. The molecular formula is C16H27NO3. The first-order chi connectivity index (χ1) is 9.47. The number of ether oxygens (including phenoxy) is 1. The second kappa shape index (κ2) is 6.59. The van der Waals surface area contributed by atoms with Gasteiger partial charge in [0.2, 0.25) is 5.91 Å². The summed E-state index contributed by atoms with van der Waals surface area (Å²) in [7, 11) is 0. The number of hydrogen-bond donors (Lipinski definition) is 1. The highest BCUT2D eigenvalue weighted by atomic mass is 16.5. The third-order valence-corrected chi connectivity index (χ3v) is 4.60. The minimum absolute atomic E-state index is 0.000582. The molecule has 0 aromatic rings. The van der Waals surface area contributed by atoms with Crippen molar-refractivity contribution < 1.29 is 14.3 Å². The van der Waals surface area contributed by atoms with Crippen molar-refractivity contribution in [1.29, 1.82) is 0 Å². The van der Waals surface area contributed by atoms with Crippen molar-refractivity contribution in [2.75, 3.05) is 6.54 Å². The largest absolute Gasteiger partial charge is 0.461 e. The first kappa shape index (κ1) is 15.3. The lowest BCUT2D eigenvalue weighted by molar-refractivity contribution is -0.155. The molecule has 2 aliphatic carbocycles. The van der Waals surface area contributed by atoms with Crippen LogP contribution in [0.25, 0.3) is 0 Å². The Bertz CT molecular complexity index is 363. The fourth-order valence-electron chi connectivity index (χ4n) is 3.11. The van der Waals surface area contributed by atoms with Crippen molar-refractivity contribution in [3.63, 3.8) is 0 Å². The van der Waals surface area contributed by atoms with Crippen molar-refractivity contribution in [2.24, 2.45) is 23.7 Å². The maximum atomic E-state index is 11.9. The third kappa shape index (κ3) is 4.22. The molecule has 1 N–H and O–H groups in total. The number of carbonyl (C=O) groups is 2. The summed E-state index contributed by atoms with van der Waals surface area (Å²) in [5, 5.41) is 2.68. The van der Waals surface area contributed by atoms with Gasteiger partial charge in [0.25, 0.3) is 0 Å². The van der Waals surface area contributed by atoms with Gasteiger partial charge in [-0.1, -0.05) is 27.2 Å². The van der Waals surface area contributed by atoms with Crippen LogP contribution >= 0.6 is 0 Å². The zero-order valence-electron chi connectivity index (χ0n) is 12.9. The molecule has 4 nitrogen and oxygen atoms in total. The number of nitrogens with one attached hydrogen (secondary N) is 1. The molecule has 2 aliphatic rings. The van der Waals surface area contributed by atoms with Crippen LogP contribution in [0.1, 0.15) is 52.9 Å². The molecule has 1 amide bonds. The molecule has 3 atom stereocenters. The quantitative estimate of drug-likeness (QED) is 0.788. The number of amides is 1. The van der Waals surface area contributed by atoms with Crippen LogP contribution in [-0.4, -0.2) is 24.5 Å². The Kier molecular flexibility index (Phi) is 5.06. The predicted molar refractivity (Wildman–Crippen MR) is 77.0 cm³/mol. The Morgan fingerprint density at radius 3 is 2.50 bits per heavy atom. The summed E-state index contributed by atoms with van der Waals surface area (Å²) in [6.45, 7) is 6.62. The highest BCUT2D eigenvalue weighted by Crippen LogP contribution is 2.35. The van der Waals surface area contributed by atoms with Gasteiger partial charge in [0.1, 0.15) is 12.6 Å². The van der Waals surface area contributed by atoms with E-state index in [1.165, 1.54) is 6.42 Å². The standard InChI is InChI=1S/C16H27NO3/c1-10(2)13-7-4-11(3)8-14(13)20-15(18)9-17-16(19)12-5-6-12/h10-14H,4-9H2,1-3H3,(H,17,19)/t11-,13+,14-/m1/s1. The van der Waals surface area contributed by atoms with Crippen LogP contribution in [0.5, 0.6) is 0 Å². The zero-order chi connectivity index (χ0) is 14.7. The van der Waals surface area contributed by atoms with Gasteiger partial charge in [0, 0.05) is 5.92 Å². The Morgan fingerprint density at radius 1 is 1.20 bits per heavy atom. The van der Waals surface area contributed by atoms with Crippen molar-refractivity contribution >= 4 is 11.9 Å². The van der Waals surface area contributed by atoms with Gasteiger partial charge < -0.3 is 10.1 Å². The SMILES string of the molecule is CC(C)[C@@H]1CC[C@@H](C)C[C@H]1OC(=O)CNC(=O)C1CC1. The van der Waals surface area contributed by atoms with Crippen LogP contribution in [-0.2, 0) is 14.3 Å². The van der Waals surface area contributed by atoms with Crippen molar-refractivity contribution in [1.82, 2.24) is 5.32 Å². The van der Waals surface area contributed by atoms with E-state index in [9.17, 15) is 9.59 Å². The molecule has 114 valence electrons. The van der Waals surface area contributed by atoms with E-state index < -0.39 is 0 Å². The van der Waals surface area contributed by atoms with E-state index in [4.69, 9.17) is 4.74 Å². The Labute approximate surface area is 121 Å². The molecule has 2 saturated carbocycles. The Balaban J connectivity index is 1.79. The molecule has 20 heavy (non-hydrogen) atoms. The number of hydrogen-bond acceptors (Lipinski definition) is 3. The first-order valence-electron chi connectivity index (χ1n) is 7.94.